The predicted octanol–water partition coefficient (Wildman–Crippen LogP) is 3.81. The Balaban J connectivity index is 2.17. The highest BCUT2D eigenvalue weighted by Crippen LogP contribution is 2.39. The molecule has 0 spiro atoms. The van der Waals surface area contributed by atoms with E-state index in [0.717, 1.165) is 13.2 Å². The lowest BCUT2D eigenvalue weighted by atomic mass is 10.1. The highest BCUT2D eigenvalue weighted by atomic mass is 79.9. The van der Waals surface area contributed by atoms with Crippen LogP contribution in [0.15, 0.2) is 37.4 Å². The van der Waals surface area contributed by atoms with Gasteiger partial charge in [-0.3, -0.25) is 0 Å². The van der Waals surface area contributed by atoms with Gasteiger partial charge in [-0.1, -0.05) is 69.0 Å². The highest BCUT2D eigenvalue weighted by Gasteiger charge is 2.16. The van der Waals surface area contributed by atoms with Crippen molar-refractivity contribution in [2.24, 2.45) is 5.73 Å². The van der Waals surface area contributed by atoms with Crippen LogP contribution in [-0.4, -0.2) is 23.0 Å². The third-order valence-electron chi connectivity index (χ3n) is 2.27. The number of rotatable bonds is 5. The van der Waals surface area contributed by atoms with Crippen molar-refractivity contribution in [3.63, 3.8) is 0 Å². The average Bonchev–Trinajstić information content (AvgIpc) is 2.85. The molecule has 0 aliphatic rings. The molecule has 0 fully saturated rings. The van der Waals surface area contributed by atoms with Crippen LogP contribution >= 0.6 is 50.8 Å². The summed E-state index contributed by atoms with van der Waals surface area (Å²) in [4.78, 5) is 0. The van der Waals surface area contributed by atoms with Crippen LogP contribution in [0.5, 0.6) is 0 Å². The number of nitrogens with two attached hydrogens (primary N) is 1. The first-order chi connectivity index (χ1) is 8.74. The average molecular weight is 362 g/mol. The topological polar surface area (TPSA) is 51.8 Å². The van der Waals surface area contributed by atoms with E-state index in [0.29, 0.717) is 6.54 Å². The summed E-state index contributed by atoms with van der Waals surface area (Å²) in [5, 5.41) is 8.46. The van der Waals surface area contributed by atoms with Crippen molar-refractivity contribution in [2.75, 3.05) is 12.8 Å². The molecule has 0 radical (unpaired) electrons. The van der Waals surface area contributed by atoms with E-state index in [2.05, 4.69) is 32.2 Å². The van der Waals surface area contributed by atoms with Crippen molar-refractivity contribution in [1.82, 2.24) is 10.2 Å². The molecule has 0 amide bonds. The van der Waals surface area contributed by atoms with E-state index >= 15 is 0 Å². The third-order valence-corrected chi connectivity index (χ3v) is 6.24. The van der Waals surface area contributed by atoms with Crippen LogP contribution in [-0.2, 0) is 0 Å². The second-order valence-corrected chi connectivity index (χ2v) is 7.74. The molecule has 0 saturated heterocycles. The fourth-order valence-corrected chi connectivity index (χ4v) is 4.84. The van der Waals surface area contributed by atoms with Crippen LogP contribution < -0.4 is 5.73 Å². The molecular weight excluding hydrogens is 350 g/mol. The molecule has 0 aliphatic carbocycles. The van der Waals surface area contributed by atoms with Gasteiger partial charge in [-0.25, -0.2) is 0 Å². The van der Waals surface area contributed by atoms with Gasteiger partial charge in [-0.15, -0.1) is 10.2 Å². The summed E-state index contributed by atoms with van der Waals surface area (Å²) in [5.74, 6) is 0. The maximum absolute atomic E-state index is 5.87. The lowest BCUT2D eigenvalue weighted by Gasteiger charge is -2.14. The maximum Gasteiger partial charge on any atom is 0.175 e. The van der Waals surface area contributed by atoms with Gasteiger partial charge in [0.1, 0.15) is 0 Å². The van der Waals surface area contributed by atoms with E-state index in [1.807, 2.05) is 24.5 Å². The van der Waals surface area contributed by atoms with Crippen molar-refractivity contribution in [3.05, 3.63) is 34.3 Å². The summed E-state index contributed by atoms with van der Waals surface area (Å²) >= 11 is 8.46. The molecule has 2 aromatic rings. The minimum Gasteiger partial charge on any atom is -0.329 e. The fourth-order valence-electron chi connectivity index (χ4n) is 1.42. The van der Waals surface area contributed by atoms with Crippen LogP contribution in [0.3, 0.4) is 0 Å². The van der Waals surface area contributed by atoms with Gasteiger partial charge < -0.3 is 5.73 Å². The molecule has 18 heavy (non-hydrogen) atoms. The Morgan fingerprint density at radius 3 is 2.67 bits per heavy atom. The largest absolute Gasteiger partial charge is 0.329 e. The van der Waals surface area contributed by atoms with E-state index in [4.69, 9.17) is 5.73 Å². The maximum atomic E-state index is 5.87. The Labute approximate surface area is 127 Å². The molecule has 2 N–H and O–H groups in total. The predicted molar refractivity (Wildman–Crippen MR) is 83.5 cm³/mol. The minimum atomic E-state index is 0.197. The minimum absolute atomic E-state index is 0.197. The Morgan fingerprint density at radius 1 is 1.33 bits per heavy atom. The van der Waals surface area contributed by atoms with Crippen molar-refractivity contribution in [1.29, 1.82) is 0 Å². The Hall–Kier alpha value is -0.0800. The number of halogens is 1. The van der Waals surface area contributed by atoms with E-state index in [9.17, 15) is 0 Å². The molecule has 7 heteroatoms. The zero-order valence-electron chi connectivity index (χ0n) is 9.67. The first-order valence-corrected chi connectivity index (χ1v) is 8.94. The molecular formula is C11H12BrN3S3. The normalized spacial score (nSPS) is 12.6. The van der Waals surface area contributed by atoms with Crippen molar-refractivity contribution in [3.8, 4) is 0 Å². The molecule has 0 bridgehead atoms. The van der Waals surface area contributed by atoms with Gasteiger partial charge in [-0.2, -0.15) is 0 Å². The number of thioether (sulfide) groups is 2. The third kappa shape index (κ3) is 3.48. The summed E-state index contributed by atoms with van der Waals surface area (Å²) in [7, 11) is 0. The summed E-state index contributed by atoms with van der Waals surface area (Å²) in [6, 6.07) is 8.15. The summed E-state index contributed by atoms with van der Waals surface area (Å²) < 4.78 is 3.04. The smallest absolute Gasteiger partial charge is 0.175 e. The molecule has 1 atom stereocenters. The van der Waals surface area contributed by atoms with Crippen molar-refractivity contribution >= 4 is 50.8 Å². The molecule has 0 saturated carbocycles. The quantitative estimate of drug-likeness (QED) is 0.820. The number of benzene rings is 1. The SMILES string of the molecule is CSc1nnc(SC(CN)c2ccccc2Br)s1. The Morgan fingerprint density at radius 2 is 2.06 bits per heavy atom. The molecule has 1 aromatic carbocycles. The fraction of sp³-hybridized carbons (Fsp3) is 0.273. The monoisotopic (exact) mass is 361 g/mol. The van der Waals surface area contributed by atoms with Gasteiger partial charge in [0.2, 0.25) is 0 Å². The molecule has 2 rings (SSSR count). The van der Waals surface area contributed by atoms with Crippen molar-refractivity contribution < 1.29 is 0 Å². The van der Waals surface area contributed by atoms with Gasteiger partial charge in [-0.05, 0) is 17.9 Å². The lowest BCUT2D eigenvalue weighted by molar-refractivity contribution is 0.918. The van der Waals surface area contributed by atoms with Crippen LogP contribution in [0.25, 0.3) is 0 Å². The van der Waals surface area contributed by atoms with Gasteiger partial charge in [0.05, 0.1) is 5.25 Å². The van der Waals surface area contributed by atoms with Gasteiger partial charge in [0.15, 0.2) is 8.68 Å². The standard InChI is InChI=1S/C11H12BrN3S3/c1-16-10-14-15-11(18-10)17-9(6-13)7-4-2-3-5-8(7)12/h2-5,9H,6,13H2,1H3. The van der Waals surface area contributed by atoms with E-state index < -0.39 is 0 Å². The van der Waals surface area contributed by atoms with Crippen LogP contribution in [0.1, 0.15) is 10.8 Å². The first kappa shape index (κ1) is 14.3. The molecule has 1 heterocycles. The van der Waals surface area contributed by atoms with Gasteiger partial charge in [0, 0.05) is 11.0 Å². The van der Waals surface area contributed by atoms with Crippen LogP contribution in [0.4, 0.5) is 0 Å². The second-order valence-electron chi connectivity index (χ2n) is 3.40. The van der Waals surface area contributed by atoms with Gasteiger partial charge in [0.25, 0.3) is 0 Å². The van der Waals surface area contributed by atoms with Gasteiger partial charge >= 0.3 is 0 Å². The zero-order valence-corrected chi connectivity index (χ0v) is 13.7. The lowest BCUT2D eigenvalue weighted by Crippen LogP contribution is -2.09. The molecule has 96 valence electrons. The van der Waals surface area contributed by atoms with E-state index in [-0.39, 0.29) is 5.25 Å². The zero-order chi connectivity index (χ0) is 13.0. The van der Waals surface area contributed by atoms with E-state index in [1.54, 1.807) is 34.9 Å². The first-order valence-electron chi connectivity index (χ1n) is 5.23. The van der Waals surface area contributed by atoms with Crippen LogP contribution in [0.2, 0.25) is 0 Å². The summed E-state index contributed by atoms with van der Waals surface area (Å²) in [5.41, 5.74) is 7.07. The Bertz CT molecular complexity index is 518. The Kier molecular flexibility index (Phi) is 5.50. The molecule has 1 unspecified atom stereocenters. The highest BCUT2D eigenvalue weighted by molar-refractivity contribution is 9.10. The molecule has 3 nitrogen and oxygen atoms in total. The number of hydrogen-bond donors (Lipinski definition) is 1. The molecule has 0 aliphatic heterocycles. The summed E-state index contributed by atoms with van der Waals surface area (Å²) in [6.07, 6.45) is 2.00. The number of aromatic nitrogens is 2. The van der Waals surface area contributed by atoms with E-state index in [1.165, 1.54) is 5.56 Å². The summed E-state index contributed by atoms with van der Waals surface area (Å²) in [6.45, 7) is 0.571. The second kappa shape index (κ2) is 6.91. The number of hydrogen-bond acceptors (Lipinski definition) is 6. The van der Waals surface area contributed by atoms with Crippen molar-refractivity contribution in [2.45, 2.75) is 13.9 Å². The molecule has 1 aromatic heterocycles. The van der Waals surface area contributed by atoms with Crippen LogP contribution in [0, 0.1) is 0 Å². The number of nitrogens with zero attached hydrogens (tertiary/aromatic N) is 2.